The van der Waals surface area contributed by atoms with E-state index in [1.54, 1.807) is 11.8 Å². The molecule has 1 fully saturated rings. The van der Waals surface area contributed by atoms with Crippen molar-refractivity contribution in [2.75, 3.05) is 19.0 Å². The van der Waals surface area contributed by atoms with Gasteiger partial charge < -0.3 is 4.90 Å². The van der Waals surface area contributed by atoms with Gasteiger partial charge in [0, 0.05) is 35.1 Å². The molecule has 2 heterocycles. The first kappa shape index (κ1) is 21.7. The Hall–Kier alpha value is -4.10. The Morgan fingerprint density at radius 1 is 0.765 bits per heavy atom. The molecule has 2 N–H and O–H groups in total. The fraction of sp³-hybridized carbons (Fsp3) is 0.0741. The van der Waals surface area contributed by atoms with Gasteiger partial charge in [0.2, 0.25) is 0 Å². The van der Waals surface area contributed by atoms with Gasteiger partial charge in [0.15, 0.2) is 0 Å². The Morgan fingerprint density at radius 2 is 1.29 bits per heavy atom. The van der Waals surface area contributed by atoms with E-state index in [-0.39, 0.29) is 5.57 Å². The fourth-order valence-electron chi connectivity index (χ4n) is 4.07. The maximum Gasteiger partial charge on any atom is 0.328 e. The van der Waals surface area contributed by atoms with Gasteiger partial charge in [0.1, 0.15) is 5.57 Å². The number of amides is 4. The summed E-state index contributed by atoms with van der Waals surface area (Å²) < 4.78 is 0. The molecular weight excluding hydrogens is 446 g/mol. The predicted octanol–water partition coefficient (Wildman–Crippen LogP) is 4.47. The van der Waals surface area contributed by atoms with Gasteiger partial charge in [-0.3, -0.25) is 20.2 Å². The number of hydrogen-bond donors (Lipinski definition) is 2. The van der Waals surface area contributed by atoms with Crippen LogP contribution in [0.4, 0.5) is 10.5 Å². The van der Waals surface area contributed by atoms with Crippen molar-refractivity contribution in [3.63, 3.8) is 0 Å². The van der Waals surface area contributed by atoms with E-state index in [1.807, 2.05) is 85.7 Å². The summed E-state index contributed by atoms with van der Waals surface area (Å²) in [4.78, 5) is 41.6. The SMILES string of the molecule is CN(C)c1ccc(C(C=C2c3ccccc3Sc3ccccc32)=C2C(=O)NC(=O)NC2=O)cc1. The summed E-state index contributed by atoms with van der Waals surface area (Å²) in [6.45, 7) is 0. The minimum Gasteiger partial charge on any atom is -0.378 e. The van der Waals surface area contributed by atoms with Gasteiger partial charge in [0.05, 0.1) is 0 Å². The first-order chi connectivity index (χ1) is 16.4. The van der Waals surface area contributed by atoms with E-state index in [2.05, 4.69) is 22.8 Å². The summed E-state index contributed by atoms with van der Waals surface area (Å²) in [7, 11) is 3.88. The largest absolute Gasteiger partial charge is 0.378 e. The van der Waals surface area contributed by atoms with E-state index in [4.69, 9.17) is 0 Å². The number of imide groups is 2. The normalized spacial score (nSPS) is 14.6. The highest BCUT2D eigenvalue weighted by Gasteiger charge is 2.32. The molecule has 34 heavy (non-hydrogen) atoms. The van der Waals surface area contributed by atoms with Crippen LogP contribution in [0.2, 0.25) is 0 Å². The summed E-state index contributed by atoms with van der Waals surface area (Å²) in [5, 5.41) is 4.41. The van der Waals surface area contributed by atoms with E-state index >= 15 is 0 Å². The molecule has 7 heteroatoms. The molecule has 0 aromatic heterocycles. The van der Waals surface area contributed by atoms with Crippen LogP contribution in [0.15, 0.2) is 94.2 Å². The van der Waals surface area contributed by atoms with Crippen LogP contribution in [-0.2, 0) is 9.59 Å². The topological polar surface area (TPSA) is 78.5 Å². The van der Waals surface area contributed by atoms with E-state index in [1.165, 1.54) is 0 Å². The van der Waals surface area contributed by atoms with Crippen LogP contribution in [0.5, 0.6) is 0 Å². The monoisotopic (exact) mass is 467 g/mol. The lowest BCUT2D eigenvalue weighted by Crippen LogP contribution is -2.51. The lowest BCUT2D eigenvalue weighted by Gasteiger charge is -2.23. The van der Waals surface area contributed by atoms with Gasteiger partial charge in [-0.25, -0.2) is 4.79 Å². The zero-order valence-electron chi connectivity index (χ0n) is 18.6. The highest BCUT2D eigenvalue weighted by atomic mass is 32.2. The summed E-state index contributed by atoms with van der Waals surface area (Å²) >= 11 is 1.69. The molecule has 5 rings (SSSR count). The third kappa shape index (κ3) is 3.91. The zero-order valence-corrected chi connectivity index (χ0v) is 19.4. The van der Waals surface area contributed by atoms with Crippen LogP contribution in [0.1, 0.15) is 16.7 Å². The second-order valence-electron chi connectivity index (χ2n) is 8.12. The molecule has 0 bridgehead atoms. The summed E-state index contributed by atoms with van der Waals surface area (Å²) in [6, 6.07) is 22.9. The smallest absolute Gasteiger partial charge is 0.328 e. The first-order valence-electron chi connectivity index (χ1n) is 10.7. The number of rotatable bonds is 3. The van der Waals surface area contributed by atoms with Crippen molar-refractivity contribution in [3.05, 3.63) is 101 Å². The number of benzene rings is 3. The molecular formula is C27H21N3O3S. The summed E-state index contributed by atoms with van der Waals surface area (Å²) in [5.41, 5.74) is 4.96. The van der Waals surface area contributed by atoms with Gasteiger partial charge in [0.25, 0.3) is 11.8 Å². The number of carbonyl (C=O) groups excluding carboxylic acids is 3. The molecule has 2 aliphatic heterocycles. The van der Waals surface area contributed by atoms with Gasteiger partial charge in [-0.1, -0.05) is 60.3 Å². The molecule has 1 saturated heterocycles. The molecule has 2 aliphatic rings. The second kappa shape index (κ2) is 8.68. The molecule has 0 saturated carbocycles. The molecule has 4 amide bonds. The molecule has 0 radical (unpaired) electrons. The van der Waals surface area contributed by atoms with Crippen LogP contribution in [0, 0.1) is 0 Å². The highest BCUT2D eigenvalue weighted by molar-refractivity contribution is 7.99. The zero-order chi connectivity index (χ0) is 23.8. The minimum atomic E-state index is -0.821. The number of hydrogen-bond acceptors (Lipinski definition) is 5. The number of carbonyl (C=O) groups is 3. The average molecular weight is 468 g/mol. The van der Waals surface area contributed by atoms with Crippen LogP contribution in [-0.4, -0.2) is 31.9 Å². The molecule has 6 nitrogen and oxygen atoms in total. The summed E-state index contributed by atoms with van der Waals surface area (Å²) in [5.74, 6) is -1.44. The molecule has 0 unspecified atom stereocenters. The number of barbiturate groups is 1. The maximum atomic E-state index is 12.8. The van der Waals surface area contributed by atoms with E-state index in [9.17, 15) is 14.4 Å². The molecule has 0 aliphatic carbocycles. The van der Waals surface area contributed by atoms with Gasteiger partial charge in [-0.2, -0.15) is 0 Å². The maximum absolute atomic E-state index is 12.8. The fourth-order valence-corrected chi connectivity index (χ4v) is 5.17. The third-order valence-electron chi connectivity index (χ3n) is 5.74. The van der Waals surface area contributed by atoms with Crippen LogP contribution >= 0.6 is 11.8 Å². The second-order valence-corrected chi connectivity index (χ2v) is 9.20. The Morgan fingerprint density at radius 3 is 1.82 bits per heavy atom. The van der Waals surface area contributed by atoms with Crippen molar-refractivity contribution in [1.82, 2.24) is 10.6 Å². The minimum absolute atomic E-state index is 0.0992. The Labute approximate surface area is 201 Å². The number of urea groups is 1. The Kier molecular flexibility index (Phi) is 5.55. The Balaban J connectivity index is 1.78. The molecule has 0 spiro atoms. The van der Waals surface area contributed by atoms with Crippen LogP contribution in [0.25, 0.3) is 11.1 Å². The number of nitrogens with one attached hydrogen (secondary N) is 2. The summed E-state index contributed by atoms with van der Waals surface area (Å²) in [6.07, 6.45) is 1.88. The highest BCUT2D eigenvalue weighted by Crippen LogP contribution is 2.46. The Bertz CT molecular complexity index is 1340. The van der Waals surface area contributed by atoms with Crippen molar-refractivity contribution < 1.29 is 14.4 Å². The third-order valence-corrected chi connectivity index (χ3v) is 6.89. The van der Waals surface area contributed by atoms with E-state index in [0.717, 1.165) is 32.2 Å². The van der Waals surface area contributed by atoms with Crippen molar-refractivity contribution in [2.45, 2.75) is 9.79 Å². The van der Waals surface area contributed by atoms with Crippen molar-refractivity contribution >= 4 is 46.4 Å². The predicted molar refractivity (Wildman–Crippen MR) is 133 cm³/mol. The lowest BCUT2D eigenvalue weighted by atomic mass is 9.90. The van der Waals surface area contributed by atoms with E-state index < -0.39 is 17.8 Å². The average Bonchev–Trinajstić information content (AvgIpc) is 2.82. The number of allylic oxidation sites excluding steroid dienone is 2. The number of anilines is 1. The molecule has 0 atom stereocenters. The van der Waals surface area contributed by atoms with Crippen molar-refractivity contribution in [1.29, 1.82) is 0 Å². The number of nitrogens with zero attached hydrogens (tertiary/aromatic N) is 1. The molecule has 3 aromatic carbocycles. The molecule has 168 valence electrons. The van der Waals surface area contributed by atoms with Gasteiger partial charge >= 0.3 is 6.03 Å². The first-order valence-corrected chi connectivity index (χ1v) is 11.5. The van der Waals surface area contributed by atoms with Gasteiger partial charge in [-0.05, 0) is 52.6 Å². The van der Waals surface area contributed by atoms with Crippen LogP contribution in [0.3, 0.4) is 0 Å². The van der Waals surface area contributed by atoms with Crippen LogP contribution < -0.4 is 15.5 Å². The van der Waals surface area contributed by atoms with Crippen molar-refractivity contribution in [3.8, 4) is 0 Å². The molecule has 3 aromatic rings. The standard InChI is InChI=1S/C27H21N3O3S/c1-30(2)17-13-11-16(12-14-17)20(24-25(31)28-27(33)29-26(24)32)15-21-18-7-3-5-9-22(18)34-23-10-6-4-8-19(21)23/h3-15H,1-2H3,(H2,28,29,31,32,33). The van der Waals surface area contributed by atoms with Gasteiger partial charge in [-0.15, -0.1) is 0 Å². The van der Waals surface area contributed by atoms with Crippen molar-refractivity contribution in [2.24, 2.45) is 0 Å². The lowest BCUT2D eigenvalue weighted by molar-refractivity contribution is -0.123. The van der Waals surface area contributed by atoms with E-state index in [0.29, 0.717) is 11.1 Å². The quantitative estimate of drug-likeness (QED) is 0.343. The number of fused-ring (bicyclic) bond motifs is 2.